The van der Waals surface area contributed by atoms with Gasteiger partial charge in [0.2, 0.25) is 6.79 Å². The average molecular weight is 372 g/mol. The maximum atomic E-state index is 11.0. The molecule has 27 heavy (non-hydrogen) atoms. The van der Waals surface area contributed by atoms with E-state index in [1.54, 1.807) is 14.2 Å². The van der Waals surface area contributed by atoms with Crippen LogP contribution in [0.5, 0.6) is 23.0 Å². The molecule has 6 nitrogen and oxygen atoms in total. The third kappa shape index (κ3) is 3.19. The summed E-state index contributed by atoms with van der Waals surface area (Å²) >= 11 is 0. The fourth-order valence-corrected chi connectivity index (χ4v) is 3.90. The van der Waals surface area contributed by atoms with Gasteiger partial charge in [-0.15, -0.1) is 0 Å². The lowest BCUT2D eigenvalue weighted by Gasteiger charge is -2.24. The fraction of sp³-hybridized carbons (Fsp3) is 0.429. The van der Waals surface area contributed by atoms with Crippen LogP contribution in [0.4, 0.5) is 0 Å². The molecule has 0 aliphatic carbocycles. The summed E-state index contributed by atoms with van der Waals surface area (Å²) in [4.78, 5) is 0. The first-order chi connectivity index (χ1) is 13.1. The summed E-state index contributed by atoms with van der Waals surface area (Å²) in [7, 11) is 3.18. The van der Waals surface area contributed by atoms with Crippen LogP contribution >= 0.6 is 0 Å². The molecule has 0 aromatic heterocycles. The van der Waals surface area contributed by atoms with Crippen molar-refractivity contribution in [3.8, 4) is 23.0 Å². The molecular weight excluding hydrogens is 348 g/mol. The van der Waals surface area contributed by atoms with E-state index < -0.39 is 6.10 Å². The Labute approximate surface area is 158 Å². The van der Waals surface area contributed by atoms with Crippen molar-refractivity contribution in [3.63, 3.8) is 0 Å². The fourth-order valence-electron chi connectivity index (χ4n) is 3.90. The third-order valence-electron chi connectivity index (χ3n) is 5.50. The van der Waals surface area contributed by atoms with Crippen molar-refractivity contribution in [3.05, 3.63) is 47.5 Å². The third-order valence-corrected chi connectivity index (χ3v) is 5.50. The summed E-state index contributed by atoms with van der Waals surface area (Å²) in [6.45, 7) is 2.84. The molecule has 2 aliphatic rings. The molecule has 4 rings (SSSR count). The number of hydrogen-bond acceptors (Lipinski definition) is 6. The quantitative estimate of drug-likeness (QED) is 0.867. The Kier molecular flexibility index (Phi) is 4.85. The van der Waals surface area contributed by atoms with E-state index in [9.17, 15) is 5.11 Å². The molecule has 6 heteroatoms. The molecule has 0 amide bonds. The molecule has 2 heterocycles. The number of fused-ring (bicyclic) bond motifs is 1. The number of benzene rings is 2. The van der Waals surface area contributed by atoms with Crippen molar-refractivity contribution in [2.75, 3.05) is 27.6 Å². The van der Waals surface area contributed by atoms with Crippen LogP contribution in [0, 0.1) is 11.8 Å². The van der Waals surface area contributed by atoms with Gasteiger partial charge >= 0.3 is 0 Å². The zero-order valence-electron chi connectivity index (χ0n) is 15.7. The highest BCUT2D eigenvalue weighted by Gasteiger charge is 2.40. The molecule has 0 unspecified atom stereocenters. The van der Waals surface area contributed by atoms with Crippen molar-refractivity contribution in [2.24, 2.45) is 11.8 Å². The van der Waals surface area contributed by atoms with Gasteiger partial charge in [0.15, 0.2) is 23.0 Å². The molecule has 1 fully saturated rings. The average Bonchev–Trinajstić information content (AvgIpc) is 3.32. The lowest BCUT2D eigenvalue weighted by molar-refractivity contribution is 0.0755. The number of hydrogen-bond donors (Lipinski definition) is 1. The molecule has 2 aromatic carbocycles. The Morgan fingerprint density at radius 1 is 1.00 bits per heavy atom. The minimum atomic E-state index is -0.654. The van der Waals surface area contributed by atoms with Crippen LogP contribution in [0.25, 0.3) is 0 Å². The molecule has 4 atom stereocenters. The Morgan fingerprint density at radius 3 is 2.56 bits per heavy atom. The van der Waals surface area contributed by atoms with Gasteiger partial charge in [0.05, 0.1) is 33.0 Å². The molecule has 2 aromatic rings. The largest absolute Gasteiger partial charge is 0.493 e. The molecule has 0 radical (unpaired) electrons. The van der Waals surface area contributed by atoms with Gasteiger partial charge in [0.1, 0.15) is 0 Å². The van der Waals surface area contributed by atoms with Gasteiger partial charge in [-0.1, -0.05) is 19.1 Å². The number of ether oxygens (including phenoxy) is 5. The predicted molar refractivity (Wildman–Crippen MR) is 98.4 cm³/mol. The molecule has 2 aliphatic heterocycles. The Balaban J connectivity index is 1.53. The molecule has 1 saturated heterocycles. The van der Waals surface area contributed by atoms with Crippen LogP contribution in [0.2, 0.25) is 0 Å². The minimum Gasteiger partial charge on any atom is -0.493 e. The van der Waals surface area contributed by atoms with Crippen molar-refractivity contribution >= 4 is 0 Å². The zero-order chi connectivity index (χ0) is 19.0. The van der Waals surface area contributed by atoms with Gasteiger partial charge in [-0.3, -0.25) is 0 Å². The topological polar surface area (TPSA) is 66.4 Å². The van der Waals surface area contributed by atoms with Crippen molar-refractivity contribution in [1.82, 2.24) is 0 Å². The summed E-state index contributed by atoms with van der Waals surface area (Å²) < 4.78 is 27.5. The van der Waals surface area contributed by atoms with Crippen molar-refractivity contribution in [1.29, 1.82) is 0 Å². The van der Waals surface area contributed by atoms with Crippen molar-refractivity contribution in [2.45, 2.75) is 19.1 Å². The number of methoxy groups -OCH3 is 2. The van der Waals surface area contributed by atoms with E-state index in [2.05, 4.69) is 6.92 Å². The van der Waals surface area contributed by atoms with E-state index in [0.717, 1.165) is 22.6 Å². The monoisotopic (exact) mass is 372 g/mol. The highest BCUT2D eigenvalue weighted by atomic mass is 16.7. The second-order valence-electron chi connectivity index (χ2n) is 6.95. The maximum absolute atomic E-state index is 11.0. The van der Waals surface area contributed by atoms with E-state index in [1.165, 1.54) is 0 Å². The zero-order valence-corrected chi connectivity index (χ0v) is 15.7. The van der Waals surface area contributed by atoms with Crippen LogP contribution in [0.1, 0.15) is 30.3 Å². The first-order valence-electron chi connectivity index (χ1n) is 9.03. The summed E-state index contributed by atoms with van der Waals surface area (Å²) in [6.07, 6.45) is -0.752. The van der Waals surface area contributed by atoms with Gasteiger partial charge in [0.25, 0.3) is 0 Å². The highest BCUT2D eigenvalue weighted by molar-refractivity contribution is 5.46. The lowest BCUT2D eigenvalue weighted by Crippen LogP contribution is -2.19. The summed E-state index contributed by atoms with van der Waals surface area (Å²) in [6, 6.07) is 11.4. The molecule has 144 valence electrons. The lowest BCUT2D eigenvalue weighted by atomic mass is 9.83. The van der Waals surface area contributed by atoms with E-state index in [1.807, 2.05) is 36.4 Å². The second kappa shape index (κ2) is 7.29. The maximum Gasteiger partial charge on any atom is 0.231 e. The number of rotatable bonds is 5. The standard InChI is InChI=1S/C21H24O6/c1-12-15(20(22)13-4-6-16(23-2)18(8-13)24-3)10-25-21(12)14-5-7-17-19(9-14)27-11-26-17/h4-9,12,15,20-22H,10-11H2,1-3H3/t12-,15-,20-,21-/m0/s1. The molecule has 0 bridgehead atoms. The van der Waals surface area contributed by atoms with E-state index >= 15 is 0 Å². The van der Waals surface area contributed by atoms with Gasteiger partial charge in [0, 0.05) is 5.92 Å². The molecule has 1 N–H and O–H groups in total. The smallest absolute Gasteiger partial charge is 0.231 e. The first-order valence-corrected chi connectivity index (χ1v) is 9.03. The van der Waals surface area contributed by atoms with Crippen LogP contribution in [0.3, 0.4) is 0 Å². The Morgan fingerprint density at radius 2 is 1.78 bits per heavy atom. The number of aliphatic hydroxyl groups is 1. The predicted octanol–water partition coefficient (Wildman–Crippen LogP) is 3.49. The van der Waals surface area contributed by atoms with Crippen molar-refractivity contribution < 1.29 is 28.8 Å². The first kappa shape index (κ1) is 17.9. The normalized spacial score (nSPS) is 24.7. The van der Waals surface area contributed by atoms with E-state index in [4.69, 9.17) is 23.7 Å². The molecular formula is C21H24O6. The van der Waals surface area contributed by atoms with Gasteiger partial charge in [-0.2, -0.15) is 0 Å². The SMILES string of the molecule is COc1ccc([C@H](O)[C@H]2CO[C@H](c3ccc4c(c3)OCO4)[C@H]2C)cc1OC. The molecule has 0 saturated carbocycles. The minimum absolute atomic E-state index is 0.0291. The van der Waals surface area contributed by atoms with Crippen LogP contribution in [-0.4, -0.2) is 32.7 Å². The Bertz CT molecular complexity index is 820. The van der Waals surface area contributed by atoms with Crippen LogP contribution in [0.15, 0.2) is 36.4 Å². The van der Waals surface area contributed by atoms with Gasteiger partial charge in [-0.05, 0) is 41.3 Å². The summed E-state index contributed by atoms with van der Waals surface area (Å²) in [5.41, 5.74) is 1.83. The van der Waals surface area contributed by atoms with Crippen LogP contribution < -0.4 is 18.9 Å². The molecule has 0 spiro atoms. The second-order valence-corrected chi connectivity index (χ2v) is 6.95. The summed E-state index contributed by atoms with van der Waals surface area (Å²) in [5.74, 6) is 2.85. The number of aliphatic hydroxyl groups excluding tert-OH is 1. The van der Waals surface area contributed by atoms with Gasteiger partial charge in [-0.25, -0.2) is 0 Å². The Hall–Kier alpha value is -2.44. The summed E-state index contributed by atoms with van der Waals surface area (Å²) in [5, 5.41) is 11.0. The van der Waals surface area contributed by atoms with Crippen LogP contribution in [-0.2, 0) is 4.74 Å². The van der Waals surface area contributed by atoms with E-state index in [0.29, 0.717) is 18.1 Å². The van der Waals surface area contributed by atoms with E-state index in [-0.39, 0.29) is 24.7 Å². The van der Waals surface area contributed by atoms with Gasteiger partial charge < -0.3 is 28.8 Å². The highest BCUT2D eigenvalue weighted by Crippen LogP contribution is 2.46.